The van der Waals surface area contributed by atoms with Gasteiger partial charge in [0.25, 0.3) is 0 Å². The third kappa shape index (κ3) is 3.40. The number of nitrogens with zero attached hydrogens (tertiary/aromatic N) is 1. The Labute approximate surface area is 186 Å². The Bertz CT molecular complexity index is 1040. The number of benzene rings is 2. The molecule has 8 heteroatoms. The van der Waals surface area contributed by atoms with Gasteiger partial charge in [0.15, 0.2) is 0 Å². The molecule has 0 radical (unpaired) electrons. The number of methoxy groups -OCH3 is 1. The zero-order chi connectivity index (χ0) is 22.3. The SMILES string of the molecule is COC(=O)c1ccc2c(c1C)OC1(CN(C(=O)OCc3ccccc3)C1)CC21OCCO1. The van der Waals surface area contributed by atoms with Crippen LogP contribution in [0.15, 0.2) is 42.5 Å². The van der Waals surface area contributed by atoms with Gasteiger partial charge in [-0.1, -0.05) is 30.3 Å². The topological polar surface area (TPSA) is 83.5 Å². The highest BCUT2D eigenvalue weighted by atomic mass is 16.7. The standard InChI is InChI=1S/C24H25NO7/c1-16-18(21(26)28-2)8-9-19-20(16)32-23(13-24(19)30-10-11-31-24)14-25(15-23)22(27)29-12-17-6-4-3-5-7-17/h3-9H,10-15H2,1-2H3. The molecule has 0 N–H and O–H groups in total. The van der Waals surface area contributed by atoms with Gasteiger partial charge < -0.3 is 28.6 Å². The number of carbonyl (C=O) groups is 2. The van der Waals surface area contributed by atoms with Gasteiger partial charge in [0, 0.05) is 12.0 Å². The second-order valence-electron chi connectivity index (χ2n) is 8.41. The van der Waals surface area contributed by atoms with Crippen LogP contribution >= 0.6 is 0 Å². The molecule has 3 aliphatic rings. The van der Waals surface area contributed by atoms with Crippen molar-refractivity contribution in [3.63, 3.8) is 0 Å². The van der Waals surface area contributed by atoms with E-state index in [0.717, 1.165) is 11.1 Å². The first kappa shape index (κ1) is 20.8. The first-order valence-corrected chi connectivity index (χ1v) is 10.6. The van der Waals surface area contributed by atoms with E-state index >= 15 is 0 Å². The summed E-state index contributed by atoms with van der Waals surface area (Å²) in [5, 5.41) is 0. The molecule has 32 heavy (non-hydrogen) atoms. The number of likely N-dealkylation sites (tertiary alicyclic amines) is 1. The van der Waals surface area contributed by atoms with Crippen LogP contribution < -0.4 is 4.74 Å². The average molecular weight is 439 g/mol. The van der Waals surface area contributed by atoms with Crippen molar-refractivity contribution in [1.82, 2.24) is 4.90 Å². The lowest BCUT2D eigenvalue weighted by molar-refractivity contribution is -0.232. The number of esters is 1. The molecule has 168 valence electrons. The number of rotatable bonds is 3. The van der Waals surface area contributed by atoms with Gasteiger partial charge in [-0.15, -0.1) is 0 Å². The Morgan fingerprint density at radius 1 is 1.06 bits per heavy atom. The third-order valence-electron chi connectivity index (χ3n) is 6.27. The molecule has 0 aromatic heterocycles. The van der Waals surface area contributed by atoms with Crippen LogP contribution in [0.1, 0.15) is 33.5 Å². The molecule has 2 aromatic carbocycles. The maximum atomic E-state index is 12.6. The summed E-state index contributed by atoms with van der Waals surface area (Å²) in [6.45, 7) is 3.65. The molecule has 0 saturated carbocycles. The molecule has 2 saturated heterocycles. The summed E-state index contributed by atoms with van der Waals surface area (Å²) in [4.78, 5) is 26.4. The average Bonchev–Trinajstić information content (AvgIpc) is 3.25. The van der Waals surface area contributed by atoms with Crippen LogP contribution in [-0.4, -0.2) is 56.0 Å². The second-order valence-corrected chi connectivity index (χ2v) is 8.41. The van der Waals surface area contributed by atoms with E-state index < -0.39 is 23.5 Å². The lowest BCUT2D eigenvalue weighted by Gasteiger charge is -2.54. The second kappa shape index (κ2) is 7.79. The molecule has 5 rings (SSSR count). The molecule has 0 aliphatic carbocycles. The van der Waals surface area contributed by atoms with Gasteiger partial charge in [-0.2, -0.15) is 0 Å². The van der Waals surface area contributed by atoms with Crippen LogP contribution in [0.4, 0.5) is 4.79 Å². The normalized spacial score (nSPS) is 19.8. The Morgan fingerprint density at radius 2 is 1.78 bits per heavy atom. The molecular weight excluding hydrogens is 414 g/mol. The van der Waals surface area contributed by atoms with Crippen LogP contribution in [0.5, 0.6) is 5.75 Å². The summed E-state index contributed by atoms with van der Waals surface area (Å²) in [5.74, 6) is -0.832. The van der Waals surface area contributed by atoms with Crippen molar-refractivity contribution >= 4 is 12.1 Å². The molecule has 1 amide bonds. The maximum absolute atomic E-state index is 12.6. The maximum Gasteiger partial charge on any atom is 0.410 e. The summed E-state index contributed by atoms with van der Waals surface area (Å²) in [6, 6.07) is 13.1. The van der Waals surface area contributed by atoms with E-state index in [1.165, 1.54) is 7.11 Å². The van der Waals surface area contributed by atoms with Gasteiger partial charge in [-0.05, 0) is 24.6 Å². The number of hydrogen-bond acceptors (Lipinski definition) is 7. The fourth-order valence-electron chi connectivity index (χ4n) is 4.70. The van der Waals surface area contributed by atoms with E-state index in [9.17, 15) is 9.59 Å². The van der Waals surface area contributed by atoms with Crippen LogP contribution in [-0.2, 0) is 31.3 Å². The van der Waals surface area contributed by atoms with Crippen molar-refractivity contribution < 1.29 is 33.3 Å². The minimum absolute atomic E-state index is 0.213. The summed E-state index contributed by atoms with van der Waals surface area (Å²) >= 11 is 0. The first-order valence-electron chi connectivity index (χ1n) is 10.6. The van der Waals surface area contributed by atoms with Crippen LogP contribution in [0, 0.1) is 6.92 Å². The monoisotopic (exact) mass is 439 g/mol. The highest BCUT2D eigenvalue weighted by Crippen LogP contribution is 2.52. The van der Waals surface area contributed by atoms with Gasteiger partial charge in [0.05, 0.1) is 44.5 Å². The van der Waals surface area contributed by atoms with Gasteiger partial charge >= 0.3 is 12.1 Å². The number of ether oxygens (including phenoxy) is 5. The molecule has 0 atom stereocenters. The summed E-state index contributed by atoms with van der Waals surface area (Å²) in [7, 11) is 1.35. The number of hydrogen-bond donors (Lipinski definition) is 0. The Balaban J connectivity index is 1.36. The van der Waals surface area contributed by atoms with Gasteiger partial charge in [0.2, 0.25) is 5.79 Å². The highest BCUT2D eigenvalue weighted by Gasteiger charge is 2.60. The van der Waals surface area contributed by atoms with Crippen LogP contribution in [0.25, 0.3) is 0 Å². The van der Waals surface area contributed by atoms with Crippen molar-refractivity contribution in [2.75, 3.05) is 33.4 Å². The smallest absolute Gasteiger partial charge is 0.410 e. The van der Waals surface area contributed by atoms with Gasteiger partial charge in [-0.3, -0.25) is 0 Å². The molecule has 0 bridgehead atoms. The molecule has 3 heterocycles. The van der Waals surface area contributed by atoms with Crippen molar-refractivity contribution in [2.45, 2.75) is 31.3 Å². The number of amides is 1. The van der Waals surface area contributed by atoms with Crippen molar-refractivity contribution in [3.8, 4) is 5.75 Å². The predicted octanol–water partition coefficient (Wildman–Crippen LogP) is 3.15. The number of carbonyl (C=O) groups excluding carboxylic acids is 2. The Morgan fingerprint density at radius 3 is 2.47 bits per heavy atom. The van der Waals surface area contributed by atoms with Crippen molar-refractivity contribution in [2.24, 2.45) is 0 Å². The van der Waals surface area contributed by atoms with Crippen molar-refractivity contribution in [3.05, 3.63) is 64.7 Å². The molecule has 2 spiro atoms. The van der Waals surface area contributed by atoms with Gasteiger partial charge in [0.1, 0.15) is 18.0 Å². The molecule has 2 aromatic rings. The van der Waals surface area contributed by atoms with Crippen LogP contribution in [0.3, 0.4) is 0 Å². The van der Waals surface area contributed by atoms with Crippen LogP contribution in [0.2, 0.25) is 0 Å². The minimum atomic E-state index is -0.951. The zero-order valence-electron chi connectivity index (χ0n) is 18.1. The Hall–Kier alpha value is -3.10. The quantitative estimate of drug-likeness (QED) is 0.680. The lowest BCUT2D eigenvalue weighted by atomic mass is 9.80. The fraction of sp³-hybridized carbons (Fsp3) is 0.417. The van der Waals surface area contributed by atoms with E-state index in [-0.39, 0.29) is 6.61 Å². The molecule has 8 nitrogen and oxygen atoms in total. The Kier molecular flexibility index (Phi) is 5.06. The van der Waals surface area contributed by atoms with E-state index in [1.54, 1.807) is 17.0 Å². The minimum Gasteiger partial charge on any atom is -0.483 e. The zero-order valence-corrected chi connectivity index (χ0v) is 18.1. The van der Waals surface area contributed by atoms with E-state index in [2.05, 4.69) is 0 Å². The summed E-state index contributed by atoms with van der Waals surface area (Å²) in [6.07, 6.45) is 0.0585. The molecule has 3 aliphatic heterocycles. The molecule has 2 fully saturated rings. The fourth-order valence-corrected chi connectivity index (χ4v) is 4.70. The van der Waals surface area contributed by atoms with Gasteiger partial charge in [-0.25, -0.2) is 9.59 Å². The van der Waals surface area contributed by atoms with E-state index in [0.29, 0.717) is 49.6 Å². The number of fused-ring (bicyclic) bond motifs is 2. The summed E-state index contributed by atoms with van der Waals surface area (Å²) in [5.41, 5.74) is 2.10. The van der Waals surface area contributed by atoms with E-state index in [1.807, 2.05) is 37.3 Å². The molecule has 0 unspecified atom stereocenters. The summed E-state index contributed by atoms with van der Waals surface area (Å²) < 4.78 is 28.9. The van der Waals surface area contributed by atoms with Crippen molar-refractivity contribution in [1.29, 1.82) is 0 Å². The third-order valence-corrected chi connectivity index (χ3v) is 6.27. The molecular formula is C24H25NO7. The predicted molar refractivity (Wildman–Crippen MR) is 112 cm³/mol. The largest absolute Gasteiger partial charge is 0.483 e. The van der Waals surface area contributed by atoms with E-state index in [4.69, 9.17) is 23.7 Å². The highest BCUT2D eigenvalue weighted by molar-refractivity contribution is 5.92. The first-order chi connectivity index (χ1) is 15.5. The lowest BCUT2D eigenvalue weighted by Crippen LogP contribution is -2.69.